The van der Waals surface area contributed by atoms with Gasteiger partial charge in [0.05, 0.1) is 6.54 Å². The van der Waals surface area contributed by atoms with E-state index in [4.69, 9.17) is 37.1 Å². The van der Waals surface area contributed by atoms with E-state index in [2.05, 4.69) is 20.2 Å². The van der Waals surface area contributed by atoms with Gasteiger partial charge < -0.3 is 19.2 Å². The summed E-state index contributed by atoms with van der Waals surface area (Å²) in [6.07, 6.45) is 4.74. The molecule has 0 fully saturated rings. The van der Waals surface area contributed by atoms with E-state index >= 15 is 0 Å². The van der Waals surface area contributed by atoms with Crippen molar-refractivity contribution in [3.8, 4) is 11.5 Å². The Morgan fingerprint density at radius 3 is 2.72 bits per heavy atom. The standard InChI is InChI=1S/C26H22Cl2N4O4/c27-20-5-4-19(21(28)9-20)13-32(12-17-3-6-23-24(8-17)36-16-35-23)14-25-31-22(15-34-25)26(33)30-11-18-2-1-7-29-10-18/h1-10,15H,11-14,16H2,(H,30,33). The maximum absolute atomic E-state index is 12.6. The van der Waals surface area contributed by atoms with Gasteiger partial charge in [-0.2, -0.15) is 0 Å². The molecule has 1 aliphatic heterocycles. The molecule has 2 aromatic carbocycles. The molecular formula is C26H22Cl2N4O4. The molecule has 5 rings (SSSR count). The Morgan fingerprint density at radius 1 is 1.00 bits per heavy atom. The van der Waals surface area contributed by atoms with E-state index in [1.54, 1.807) is 24.5 Å². The largest absolute Gasteiger partial charge is 0.454 e. The smallest absolute Gasteiger partial charge is 0.273 e. The fourth-order valence-corrected chi connectivity index (χ4v) is 4.28. The van der Waals surface area contributed by atoms with Gasteiger partial charge in [0.1, 0.15) is 6.26 Å². The highest BCUT2D eigenvalue weighted by Crippen LogP contribution is 2.33. The summed E-state index contributed by atoms with van der Waals surface area (Å²) in [7, 11) is 0. The number of carbonyl (C=O) groups is 1. The van der Waals surface area contributed by atoms with Gasteiger partial charge in [-0.3, -0.25) is 14.7 Å². The summed E-state index contributed by atoms with van der Waals surface area (Å²) in [5.41, 5.74) is 3.03. The highest BCUT2D eigenvalue weighted by Gasteiger charge is 2.19. The monoisotopic (exact) mass is 524 g/mol. The number of nitrogens with zero attached hydrogens (tertiary/aromatic N) is 3. The minimum Gasteiger partial charge on any atom is -0.454 e. The van der Waals surface area contributed by atoms with Gasteiger partial charge in [-0.1, -0.05) is 41.4 Å². The van der Waals surface area contributed by atoms with Crippen LogP contribution in [0, 0.1) is 0 Å². The third-order valence-corrected chi connectivity index (χ3v) is 6.16. The van der Waals surface area contributed by atoms with Gasteiger partial charge in [0, 0.05) is 42.1 Å². The second kappa shape index (κ2) is 11.0. The first kappa shape index (κ1) is 24.1. The number of fused-ring (bicyclic) bond motifs is 1. The summed E-state index contributed by atoms with van der Waals surface area (Å²) in [6.45, 7) is 1.98. The topological polar surface area (TPSA) is 89.7 Å². The third-order valence-electron chi connectivity index (χ3n) is 5.57. The molecule has 8 nitrogen and oxygen atoms in total. The van der Waals surface area contributed by atoms with Gasteiger partial charge in [0.2, 0.25) is 12.7 Å². The van der Waals surface area contributed by atoms with E-state index < -0.39 is 0 Å². The van der Waals surface area contributed by atoms with Crippen LogP contribution in [0.2, 0.25) is 10.0 Å². The molecular weight excluding hydrogens is 503 g/mol. The summed E-state index contributed by atoms with van der Waals surface area (Å²) in [6, 6.07) is 14.9. The normalized spacial score (nSPS) is 12.2. The zero-order valence-corrected chi connectivity index (χ0v) is 20.6. The lowest BCUT2D eigenvalue weighted by Gasteiger charge is -2.22. The Labute approximate surface area is 217 Å². The Bertz CT molecular complexity index is 1360. The lowest BCUT2D eigenvalue weighted by Crippen LogP contribution is -2.24. The fourth-order valence-electron chi connectivity index (χ4n) is 3.81. The molecule has 36 heavy (non-hydrogen) atoms. The summed E-state index contributed by atoms with van der Waals surface area (Å²) >= 11 is 12.5. The maximum Gasteiger partial charge on any atom is 0.273 e. The Morgan fingerprint density at radius 2 is 1.89 bits per heavy atom. The molecule has 0 bridgehead atoms. The van der Waals surface area contributed by atoms with E-state index in [0.29, 0.717) is 47.9 Å². The molecule has 0 saturated carbocycles. The SMILES string of the molecule is O=C(NCc1cccnc1)c1coc(CN(Cc2ccc3c(c2)OCO3)Cc2ccc(Cl)cc2Cl)n1. The Kier molecular flexibility index (Phi) is 7.36. The van der Waals surface area contributed by atoms with Crippen LogP contribution >= 0.6 is 23.2 Å². The van der Waals surface area contributed by atoms with Gasteiger partial charge in [-0.25, -0.2) is 4.98 Å². The molecule has 1 aliphatic rings. The van der Waals surface area contributed by atoms with Crippen LogP contribution in [0.5, 0.6) is 11.5 Å². The second-order valence-electron chi connectivity index (χ2n) is 8.24. The van der Waals surface area contributed by atoms with Crippen LogP contribution in [0.15, 0.2) is 71.6 Å². The van der Waals surface area contributed by atoms with Crippen molar-refractivity contribution in [2.75, 3.05) is 6.79 Å². The highest BCUT2D eigenvalue weighted by molar-refractivity contribution is 6.35. The maximum atomic E-state index is 12.6. The van der Waals surface area contributed by atoms with Gasteiger partial charge in [0.15, 0.2) is 17.2 Å². The van der Waals surface area contributed by atoms with Crippen molar-refractivity contribution in [3.05, 3.63) is 106 Å². The molecule has 10 heteroatoms. The first-order valence-electron chi connectivity index (χ1n) is 11.2. The molecule has 0 spiro atoms. The molecule has 0 unspecified atom stereocenters. The molecule has 3 heterocycles. The van der Waals surface area contributed by atoms with Crippen molar-refractivity contribution >= 4 is 29.1 Å². The predicted octanol–water partition coefficient (Wildman–Crippen LogP) is 5.24. The number of oxazole rings is 1. The number of halogens is 2. The molecule has 4 aromatic rings. The van der Waals surface area contributed by atoms with Gasteiger partial charge >= 0.3 is 0 Å². The van der Waals surface area contributed by atoms with E-state index in [9.17, 15) is 4.79 Å². The average Bonchev–Trinajstić information content (AvgIpc) is 3.54. The van der Waals surface area contributed by atoms with Crippen LogP contribution in [-0.2, 0) is 26.2 Å². The minimum atomic E-state index is -0.322. The molecule has 1 amide bonds. The van der Waals surface area contributed by atoms with Crippen molar-refractivity contribution in [2.45, 2.75) is 26.2 Å². The molecule has 0 atom stereocenters. The average molecular weight is 525 g/mol. The summed E-state index contributed by atoms with van der Waals surface area (Å²) in [5, 5.41) is 3.97. The number of aromatic nitrogens is 2. The number of hydrogen-bond donors (Lipinski definition) is 1. The van der Waals surface area contributed by atoms with Crippen molar-refractivity contribution in [2.24, 2.45) is 0 Å². The molecule has 2 aromatic heterocycles. The van der Waals surface area contributed by atoms with Crippen LogP contribution in [0.4, 0.5) is 0 Å². The van der Waals surface area contributed by atoms with Gasteiger partial charge in [-0.05, 0) is 47.0 Å². The third kappa shape index (κ3) is 5.96. The highest BCUT2D eigenvalue weighted by atomic mass is 35.5. The summed E-state index contributed by atoms with van der Waals surface area (Å²) < 4.78 is 16.6. The number of amides is 1. The molecule has 184 valence electrons. The molecule has 0 aliphatic carbocycles. The second-order valence-corrected chi connectivity index (χ2v) is 9.08. The number of ether oxygens (including phenoxy) is 2. The quantitative estimate of drug-likeness (QED) is 0.320. The van der Waals surface area contributed by atoms with E-state index in [1.165, 1.54) is 6.26 Å². The molecule has 0 radical (unpaired) electrons. The first-order chi connectivity index (χ1) is 17.5. The zero-order valence-electron chi connectivity index (χ0n) is 19.1. The van der Waals surface area contributed by atoms with Crippen molar-refractivity contribution in [1.82, 2.24) is 20.2 Å². The summed E-state index contributed by atoms with van der Waals surface area (Å²) in [5.74, 6) is 1.52. The fraction of sp³-hybridized carbons (Fsp3) is 0.192. The Balaban J connectivity index is 1.30. The molecule has 1 N–H and O–H groups in total. The van der Waals surface area contributed by atoms with Crippen LogP contribution in [0.1, 0.15) is 33.1 Å². The lowest BCUT2D eigenvalue weighted by atomic mass is 10.1. The number of benzene rings is 2. The van der Waals surface area contributed by atoms with Crippen LogP contribution in [-0.4, -0.2) is 27.6 Å². The van der Waals surface area contributed by atoms with Gasteiger partial charge in [-0.15, -0.1) is 0 Å². The first-order valence-corrected chi connectivity index (χ1v) is 12.0. The van der Waals surface area contributed by atoms with Crippen molar-refractivity contribution in [3.63, 3.8) is 0 Å². The number of pyridine rings is 1. The number of rotatable bonds is 9. The summed E-state index contributed by atoms with van der Waals surface area (Å²) in [4.78, 5) is 23.1. The van der Waals surface area contributed by atoms with Crippen LogP contribution in [0.3, 0.4) is 0 Å². The number of hydrogen-bond acceptors (Lipinski definition) is 7. The van der Waals surface area contributed by atoms with Crippen molar-refractivity contribution < 1.29 is 18.7 Å². The number of nitrogens with one attached hydrogen (secondary N) is 1. The predicted molar refractivity (Wildman–Crippen MR) is 134 cm³/mol. The number of carbonyl (C=O) groups excluding carboxylic acids is 1. The van der Waals surface area contributed by atoms with Crippen molar-refractivity contribution in [1.29, 1.82) is 0 Å². The van der Waals surface area contributed by atoms with E-state index in [1.807, 2.05) is 36.4 Å². The minimum absolute atomic E-state index is 0.210. The van der Waals surface area contributed by atoms with Crippen LogP contribution < -0.4 is 14.8 Å². The van der Waals surface area contributed by atoms with Gasteiger partial charge in [0.25, 0.3) is 5.91 Å². The van der Waals surface area contributed by atoms with Crippen LogP contribution in [0.25, 0.3) is 0 Å². The van der Waals surface area contributed by atoms with E-state index in [0.717, 1.165) is 22.4 Å². The van der Waals surface area contributed by atoms with E-state index in [-0.39, 0.29) is 18.4 Å². The Hall–Kier alpha value is -3.59. The lowest BCUT2D eigenvalue weighted by molar-refractivity contribution is 0.0945. The zero-order chi connectivity index (χ0) is 24.9. The molecule has 0 saturated heterocycles.